The van der Waals surface area contributed by atoms with Crippen molar-refractivity contribution >= 4 is 38.8 Å². The number of halogens is 2. The van der Waals surface area contributed by atoms with E-state index in [2.05, 4.69) is 35.9 Å². The highest BCUT2D eigenvalue weighted by atomic mass is 32.2. The predicted molar refractivity (Wildman–Crippen MR) is 112 cm³/mol. The fraction of sp³-hybridized carbons (Fsp3) is 0.263. The number of alkyl halides is 2. The molecule has 1 aliphatic rings. The van der Waals surface area contributed by atoms with Crippen LogP contribution in [0.3, 0.4) is 0 Å². The molecule has 162 valence electrons. The third-order valence-corrected chi connectivity index (χ3v) is 5.69. The van der Waals surface area contributed by atoms with Gasteiger partial charge in [0, 0.05) is 37.4 Å². The molecule has 4 rings (SSSR count). The number of rotatable bonds is 7. The number of hydrogen-bond acceptors (Lipinski definition) is 9. The normalized spacial score (nSPS) is 15.7. The Bertz CT molecular complexity index is 1180. The molecule has 0 saturated heterocycles. The maximum Gasteiger partial charge on any atom is 0.252 e. The zero-order valence-electron chi connectivity index (χ0n) is 16.4. The summed E-state index contributed by atoms with van der Waals surface area (Å²) in [6.45, 7) is 0. The van der Waals surface area contributed by atoms with E-state index < -0.39 is 15.8 Å². The van der Waals surface area contributed by atoms with Crippen LogP contribution in [0.5, 0.6) is 0 Å². The minimum absolute atomic E-state index is 0.0529. The van der Waals surface area contributed by atoms with Gasteiger partial charge in [0.15, 0.2) is 9.84 Å². The van der Waals surface area contributed by atoms with Gasteiger partial charge in [0.05, 0.1) is 11.9 Å². The Labute approximate surface area is 177 Å². The van der Waals surface area contributed by atoms with Gasteiger partial charge in [-0.1, -0.05) is 0 Å². The number of pyridine rings is 2. The molecule has 0 radical (unpaired) electrons. The van der Waals surface area contributed by atoms with E-state index >= 15 is 0 Å². The van der Waals surface area contributed by atoms with Crippen LogP contribution in [-0.4, -0.2) is 46.6 Å². The lowest BCUT2D eigenvalue weighted by Crippen LogP contribution is -2.44. The molecule has 12 heteroatoms. The lowest BCUT2D eigenvalue weighted by atomic mass is 9.88. The average Bonchev–Trinajstić information content (AvgIpc) is 2.68. The molecule has 0 aliphatic heterocycles. The Kier molecular flexibility index (Phi) is 5.39. The van der Waals surface area contributed by atoms with E-state index in [4.69, 9.17) is 0 Å². The maximum absolute atomic E-state index is 12.9. The summed E-state index contributed by atoms with van der Waals surface area (Å²) in [6.07, 6.45) is 5.07. The van der Waals surface area contributed by atoms with Crippen molar-refractivity contribution in [2.24, 2.45) is 0 Å². The molecule has 3 N–H and O–H groups in total. The van der Waals surface area contributed by atoms with Crippen molar-refractivity contribution in [1.29, 1.82) is 0 Å². The third-order valence-electron chi connectivity index (χ3n) is 4.56. The molecule has 1 saturated carbocycles. The van der Waals surface area contributed by atoms with Crippen molar-refractivity contribution in [2.45, 2.75) is 29.7 Å². The standard InChI is InChI=1S/C19H19F2N7O2S/c1-31(29,30)14-3-2-6-22-18(14)28-17-7-16(24-11-25-17)27-15-5-4-12(10-23-15)26-13-8-19(20,21)9-13/h2-7,10-11,13,26H,8-9H2,1H3,(H2,22,23,24,25,27,28). The first-order valence-electron chi connectivity index (χ1n) is 9.30. The first-order valence-corrected chi connectivity index (χ1v) is 11.2. The van der Waals surface area contributed by atoms with Crippen LogP contribution >= 0.6 is 0 Å². The molecular weight excluding hydrogens is 428 g/mol. The number of hydrogen-bond donors (Lipinski definition) is 3. The van der Waals surface area contributed by atoms with Gasteiger partial charge in [-0.2, -0.15) is 0 Å². The van der Waals surface area contributed by atoms with Gasteiger partial charge < -0.3 is 16.0 Å². The maximum atomic E-state index is 12.9. The van der Waals surface area contributed by atoms with Crippen LogP contribution in [-0.2, 0) is 9.84 Å². The minimum atomic E-state index is -3.47. The first-order chi connectivity index (χ1) is 14.7. The van der Waals surface area contributed by atoms with E-state index in [0.29, 0.717) is 23.1 Å². The number of sulfone groups is 1. The van der Waals surface area contributed by atoms with E-state index in [-0.39, 0.29) is 29.6 Å². The second-order valence-corrected chi connectivity index (χ2v) is 9.18. The Hall–Kier alpha value is -3.41. The zero-order valence-corrected chi connectivity index (χ0v) is 17.2. The topological polar surface area (TPSA) is 122 Å². The Morgan fingerprint density at radius 1 is 1.00 bits per heavy atom. The zero-order chi connectivity index (χ0) is 22.1. The van der Waals surface area contributed by atoms with Crippen molar-refractivity contribution in [3.05, 3.63) is 49.1 Å². The second-order valence-electron chi connectivity index (χ2n) is 7.20. The van der Waals surface area contributed by atoms with Gasteiger partial charge in [-0.15, -0.1) is 0 Å². The number of aromatic nitrogens is 4. The first kappa shape index (κ1) is 20.8. The highest BCUT2D eigenvalue weighted by molar-refractivity contribution is 7.90. The molecule has 0 bridgehead atoms. The highest BCUT2D eigenvalue weighted by Crippen LogP contribution is 2.39. The molecule has 0 atom stereocenters. The van der Waals surface area contributed by atoms with Crippen molar-refractivity contribution in [2.75, 3.05) is 22.2 Å². The van der Waals surface area contributed by atoms with Crippen molar-refractivity contribution in [3.8, 4) is 0 Å². The molecule has 3 aromatic rings. The lowest BCUT2D eigenvalue weighted by molar-refractivity contribution is -0.0793. The van der Waals surface area contributed by atoms with Crippen molar-refractivity contribution < 1.29 is 17.2 Å². The highest BCUT2D eigenvalue weighted by Gasteiger charge is 2.45. The SMILES string of the molecule is CS(=O)(=O)c1cccnc1Nc1cc(Nc2ccc(NC3CC(F)(F)C3)cn2)ncn1. The number of anilines is 5. The summed E-state index contributed by atoms with van der Waals surface area (Å²) in [5, 5.41) is 8.91. The van der Waals surface area contributed by atoms with Gasteiger partial charge in [-0.3, -0.25) is 0 Å². The van der Waals surface area contributed by atoms with Gasteiger partial charge in [0.2, 0.25) is 0 Å². The Balaban J connectivity index is 1.42. The fourth-order valence-corrected chi connectivity index (χ4v) is 3.86. The molecule has 3 heterocycles. The van der Waals surface area contributed by atoms with E-state index in [1.807, 2.05) is 0 Å². The summed E-state index contributed by atoms with van der Waals surface area (Å²) in [5.74, 6) is -1.18. The number of nitrogens with one attached hydrogen (secondary N) is 3. The van der Waals surface area contributed by atoms with Gasteiger partial charge in [-0.25, -0.2) is 37.1 Å². The van der Waals surface area contributed by atoms with E-state index in [1.165, 1.54) is 24.7 Å². The smallest absolute Gasteiger partial charge is 0.252 e. The summed E-state index contributed by atoms with van der Waals surface area (Å²) in [6, 6.07) is 7.73. The van der Waals surface area contributed by atoms with E-state index in [9.17, 15) is 17.2 Å². The van der Waals surface area contributed by atoms with Crippen LogP contribution in [0.15, 0.2) is 53.9 Å². The molecule has 9 nitrogen and oxygen atoms in total. The second kappa shape index (κ2) is 8.02. The fourth-order valence-electron chi connectivity index (χ4n) is 3.08. The van der Waals surface area contributed by atoms with Gasteiger partial charge in [-0.05, 0) is 24.3 Å². The summed E-state index contributed by atoms with van der Waals surface area (Å²) < 4.78 is 49.7. The summed E-state index contributed by atoms with van der Waals surface area (Å²) in [7, 11) is -3.47. The summed E-state index contributed by atoms with van der Waals surface area (Å²) in [5.41, 5.74) is 0.652. The lowest BCUT2D eigenvalue weighted by Gasteiger charge is -2.35. The predicted octanol–water partition coefficient (Wildman–Crippen LogP) is 3.37. The summed E-state index contributed by atoms with van der Waals surface area (Å²) in [4.78, 5) is 16.6. The molecule has 0 amide bonds. The average molecular weight is 447 g/mol. The summed E-state index contributed by atoms with van der Waals surface area (Å²) >= 11 is 0. The molecule has 0 spiro atoms. The molecule has 0 unspecified atom stereocenters. The van der Waals surface area contributed by atoms with Crippen molar-refractivity contribution in [3.63, 3.8) is 0 Å². The molecule has 31 heavy (non-hydrogen) atoms. The van der Waals surface area contributed by atoms with Gasteiger partial charge in [0.1, 0.15) is 34.5 Å². The van der Waals surface area contributed by atoms with E-state index in [0.717, 1.165) is 6.26 Å². The molecule has 0 aromatic carbocycles. The van der Waals surface area contributed by atoms with Crippen LogP contribution in [0, 0.1) is 0 Å². The van der Waals surface area contributed by atoms with Crippen LogP contribution in [0.4, 0.5) is 37.7 Å². The van der Waals surface area contributed by atoms with Crippen LogP contribution < -0.4 is 16.0 Å². The Morgan fingerprint density at radius 3 is 2.39 bits per heavy atom. The minimum Gasteiger partial charge on any atom is -0.381 e. The monoisotopic (exact) mass is 447 g/mol. The molecule has 3 aromatic heterocycles. The largest absolute Gasteiger partial charge is 0.381 e. The van der Waals surface area contributed by atoms with Gasteiger partial charge >= 0.3 is 0 Å². The van der Waals surface area contributed by atoms with Gasteiger partial charge in [0.25, 0.3) is 5.92 Å². The molecule has 1 fully saturated rings. The molecular formula is C19H19F2N7O2S. The van der Waals surface area contributed by atoms with Crippen LogP contribution in [0.1, 0.15) is 12.8 Å². The molecule has 1 aliphatic carbocycles. The van der Waals surface area contributed by atoms with Crippen LogP contribution in [0.25, 0.3) is 0 Å². The van der Waals surface area contributed by atoms with Crippen LogP contribution in [0.2, 0.25) is 0 Å². The van der Waals surface area contributed by atoms with E-state index in [1.54, 1.807) is 24.4 Å². The Morgan fingerprint density at radius 2 is 1.74 bits per heavy atom. The quantitative estimate of drug-likeness (QED) is 0.500. The van der Waals surface area contributed by atoms with Crippen molar-refractivity contribution in [1.82, 2.24) is 19.9 Å². The number of nitrogens with zero attached hydrogens (tertiary/aromatic N) is 4. The third kappa shape index (κ3) is 5.20.